The molecule has 1 aromatic carbocycles. The monoisotopic (exact) mass is 283 g/mol. The molecule has 0 radical (unpaired) electrons. The van der Waals surface area contributed by atoms with Crippen molar-refractivity contribution in [3.05, 3.63) is 29.6 Å². The Morgan fingerprint density at radius 2 is 1.90 bits per heavy atom. The molecule has 0 fully saturated rings. The van der Waals surface area contributed by atoms with Crippen LogP contribution >= 0.6 is 0 Å². The first-order valence-corrected chi connectivity index (χ1v) is 7.21. The van der Waals surface area contributed by atoms with Crippen LogP contribution in [0.3, 0.4) is 0 Å². The minimum Gasteiger partial charge on any atom is -0.494 e. The Morgan fingerprint density at radius 1 is 1.30 bits per heavy atom. The van der Waals surface area contributed by atoms with E-state index in [4.69, 9.17) is 4.74 Å². The van der Waals surface area contributed by atoms with Gasteiger partial charge in [0.05, 0.1) is 13.2 Å². The van der Waals surface area contributed by atoms with Gasteiger partial charge >= 0.3 is 0 Å². The molecule has 1 rings (SSSR count). The van der Waals surface area contributed by atoms with Crippen molar-refractivity contribution in [1.29, 1.82) is 0 Å². The second-order valence-corrected chi connectivity index (χ2v) is 5.18. The highest BCUT2D eigenvalue weighted by molar-refractivity contribution is 5.31. The number of rotatable bonds is 7. The highest BCUT2D eigenvalue weighted by atomic mass is 19.1. The van der Waals surface area contributed by atoms with E-state index in [1.807, 2.05) is 13.8 Å². The highest BCUT2D eigenvalue weighted by Crippen LogP contribution is 2.35. The van der Waals surface area contributed by atoms with E-state index in [2.05, 4.69) is 18.7 Å². The van der Waals surface area contributed by atoms with Gasteiger partial charge in [-0.1, -0.05) is 26.8 Å². The molecule has 114 valence electrons. The van der Waals surface area contributed by atoms with Gasteiger partial charge in [-0.15, -0.1) is 0 Å². The third-order valence-electron chi connectivity index (χ3n) is 4.28. The summed E-state index contributed by atoms with van der Waals surface area (Å²) in [5.41, 5.74) is 0.171. The van der Waals surface area contributed by atoms with Crippen LogP contribution in [0.4, 0.5) is 4.39 Å². The van der Waals surface area contributed by atoms with E-state index < -0.39 is 17.5 Å². The lowest BCUT2D eigenvalue weighted by Crippen LogP contribution is -2.50. The third-order valence-corrected chi connectivity index (χ3v) is 4.28. The van der Waals surface area contributed by atoms with E-state index in [1.165, 1.54) is 13.2 Å². The van der Waals surface area contributed by atoms with E-state index in [9.17, 15) is 9.50 Å². The molecule has 0 aliphatic heterocycles. The van der Waals surface area contributed by atoms with Crippen LogP contribution in [0.1, 0.15) is 45.8 Å². The number of methoxy groups -OCH3 is 1. The lowest BCUT2D eigenvalue weighted by molar-refractivity contribution is -0.0215. The van der Waals surface area contributed by atoms with Gasteiger partial charge in [-0.2, -0.15) is 0 Å². The van der Waals surface area contributed by atoms with Crippen molar-refractivity contribution < 1.29 is 14.2 Å². The summed E-state index contributed by atoms with van der Waals surface area (Å²) < 4.78 is 18.7. The predicted octanol–water partition coefficient (Wildman–Crippen LogP) is 3.38. The molecule has 0 bridgehead atoms. The second-order valence-electron chi connectivity index (χ2n) is 5.18. The summed E-state index contributed by atoms with van der Waals surface area (Å²) in [6.07, 6.45) is 0.0385. The maximum atomic E-state index is 13.8. The number of hydrogen-bond donors (Lipinski definition) is 1. The average molecular weight is 283 g/mol. The van der Waals surface area contributed by atoms with Crippen LogP contribution in [0.2, 0.25) is 0 Å². The normalized spacial score (nSPS) is 16.0. The van der Waals surface area contributed by atoms with Crippen LogP contribution in [0.5, 0.6) is 5.75 Å². The summed E-state index contributed by atoms with van der Waals surface area (Å²) in [4.78, 5) is 2.21. The summed E-state index contributed by atoms with van der Waals surface area (Å²) in [5, 5.41) is 10.7. The second kappa shape index (κ2) is 7.04. The van der Waals surface area contributed by atoms with Crippen molar-refractivity contribution >= 4 is 0 Å². The Hall–Kier alpha value is -1.13. The molecule has 0 saturated heterocycles. The lowest BCUT2D eigenvalue weighted by atomic mass is 9.85. The Bertz CT molecular complexity index is 434. The van der Waals surface area contributed by atoms with E-state index >= 15 is 0 Å². The van der Waals surface area contributed by atoms with Crippen molar-refractivity contribution in [2.24, 2.45) is 0 Å². The van der Waals surface area contributed by atoms with E-state index in [1.54, 1.807) is 12.1 Å². The summed E-state index contributed by atoms with van der Waals surface area (Å²) in [7, 11) is 1.43. The molecule has 1 N–H and O–H groups in total. The van der Waals surface area contributed by atoms with E-state index in [-0.39, 0.29) is 5.75 Å². The number of likely N-dealkylation sites (N-methyl/N-ethyl adjacent to an activating group) is 1. The third kappa shape index (κ3) is 3.13. The molecular formula is C16H26FNO2. The SMILES string of the molecule is CCN(CC)C(C)(CC)C(O)c1ccc(OC)c(F)c1. The molecule has 0 aliphatic carbocycles. The number of hydrogen-bond acceptors (Lipinski definition) is 3. The first-order valence-electron chi connectivity index (χ1n) is 7.21. The number of benzene rings is 1. The topological polar surface area (TPSA) is 32.7 Å². The van der Waals surface area contributed by atoms with Crippen molar-refractivity contribution in [1.82, 2.24) is 4.90 Å². The largest absolute Gasteiger partial charge is 0.494 e. The van der Waals surface area contributed by atoms with Gasteiger partial charge in [0, 0.05) is 5.54 Å². The Morgan fingerprint density at radius 3 is 2.30 bits per heavy atom. The maximum absolute atomic E-state index is 13.8. The number of aliphatic hydroxyl groups excluding tert-OH is 1. The van der Waals surface area contributed by atoms with Crippen LogP contribution in [0, 0.1) is 5.82 Å². The van der Waals surface area contributed by atoms with Crippen LogP contribution in [0.25, 0.3) is 0 Å². The molecule has 0 heterocycles. The van der Waals surface area contributed by atoms with Gasteiger partial charge in [0.1, 0.15) is 0 Å². The number of ether oxygens (including phenoxy) is 1. The van der Waals surface area contributed by atoms with Gasteiger partial charge in [0.2, 0.25) is 0 Å². The molecule has 2 unspecified atom stereocenters. The molecule has 0 amide bonds. The summed E-state index contributed by atoms with van der Waals surface area (Å²) in [5.74, 6) is -0.246. The van der Waals surface area contributed by atoms with Gasteiger partial charge in [0.25, 0.3) is 0 Å². The predicted molar refractivity (Wildman–Crippen MR) is 79.5 cm³/mol. The van der Waals surface area contributed by atoms with Gasteiger partial charge in [0.15, 0.2) is 11.6 Å². The molecule has 3 nitrogen and oxygen atoms in total. The van der Waals surface area contributed by atoms with Crippen LogP contribution in [-0.4, -0.2) is 35.7 Å². The van der Waals surface area contributed by atoms with Crippen LogP contribution in [0.15, 0.2) is 18.2 Å². The van der Waals surface area contributed by atoms with Gasteiger partial charge in [-0.3, -0.25) is 4.90 Å². The Labute approximate surface area is 121 Å². The highest BCUT2D eigenvalue weighted by Gasteiger charge is 2.37. The zero-order valence-corrected chi connectivity index (χ0v) is 13.1. The molecule has 0 saturated carbocycles. The number of nitrogens with zero attached hydrogens (tertiary/aromatic N) is 1. The van der Waals surface area contributed by atoms with Gasteiger partial charge in [-0.05, 0) is 44.1 Å². The Balaban J connectivity index is 3.13. The van der Waals surface area contributed by atoms with Crippen molar-refractivity contribution in [3.8, 4) is 5.75 Å². The van der Waals surface area contributed by atoms with E-state index in [0.29, 0.717) is 5.56 Å². The van der Waals surface area contributed by atoms with Crippen molar-refractivity contribution in [3.63, 3.8) is 0 Å². The number of halogens is 1. The molecule has 4 heteroatoms. The first-order chi connectivity index (χ1) is 9.44. The standard InChI is InChI=1S/C16H26FNO2/c1-6-16(4,18(7-2)8-3)15(19)12-9-10-14(20-5)13(17)11-12/h9-11,15,19H,6-8H2,1-5H3. The molecule has 2 atom stereocenters. The molecule has 20 heavy (non-hydrogen) atoms. The summed E-state index contributed by atoms with van der Waals surface area (Å²) >= 11 is 0. The summed E-state index contributed by atoms with van der Waals surface area (Å²) in [6.45, 7) is 9.89. The quantitative estimate of drug-likeness (QED) is 0.832. The fourth-order valence-corrected chi connectivity index (χ4v) is 2.75. The Kier molecular flexibility index (Phi) is 5.96. The zero-order valence-electron chi connectivity index (χ0n) is 13.1. The number of aliphatic hydroxyl groups is 1. The smallest absolute Gasteiger partial charge is 0.165 e. The van der Waals surface area contributed by atoms with Crippen molar-refractivity contribution in [2.75, 3.05) is 20.2 Å². The molecular weight excluding hydrogens is 257 g/mol. The molecule has 0 spiro atoms. The van der Waals surface area contributed by atoms with Crippen LogP contribution in [-0.2, 0) is 0 Å². The minimum absolute atomic E-state index is 0.196. The molecule has 0 aliphatic rings. The molecule has 1 aromatic rings. The zero-order chi connectivity index (χ0) is 15.3. The van der Waals surface area contributed by atoms with E-state index in [0.717, 1.165) is 19.5 Å². The van der Waals surface area contributed by atoms with Gasteiger partial charge in [-0.25, -0.2) is 4.39 Å². The minimum atomic E-state index is -0.743. The molecule has 0 aromatic heterocycles. The fraction of sp³-hybridized carbons (Fsp3) is 0.625. The average Bonchev–Trinajstić information content (AvgIpc) is 2.47. The maximum Gasteiger partial charge on any atom is 0.165 e. The van der Waals surface area contributed by atoms with Crippen molar-refractivity contribution in [2.45, 2.75) is 45.8 Å². The van der Waals surface area contributed by atoms with Crippen LogP contribution < -0.4 is 4.74 Å². The fourth-order valence-electron chi connectivity index (χ4n) is 2.75. The lowest BCUT2D eigenvalue weighted by Gasteiger charge is -2.43. The first kappa shape index (κ1) is 16.9. The van der Waals surface area contributed by atoms with Gasteiger partial charge < -0.3 is 9.84 Å². The summed E-state index contributed by atoms with van der Waals surface area (Å²) in [6, 6.07) is 4.65.